The number of fused-ring (bicyclic) bond motifs is 1. The van der Waals surface area contributed by atoms with Crippen molar-refractivity contribution in [2.75, 3.05) is 24.2 Å². The molecule has 0 aromatic heterocycles. The van der Waals surface area contributed by atoms with Crippen molar-refractivity contribution >= 4 is 41.7 Å². The molecule has 1 fully saturated rings. The molecule has 1 aromatic rings. The minimum Gasteiger partial charge on any atom is -0.334 e. The summed E-state index contributed by atoms with van der Waals surface area (Å²) < 4.78 is 0. The molecular formula is C16H22ClN3O2S. The monoisotopic (exact) mass is 355 g/mol. The predicted octanol–water partition coefficient (Wildman–Crippen LogP) is 2.35. The number of nitrogens with two attached hydrogens (primary N) is 1. The van der Waals surface area contributed by atoms with Crippen LogP contribution in [0.15, 0.2) is 23.1 Å². The van der Waals surface area contributed by atoms with Crippen LogP contribution in [0, 0.1) is 5.92 Å². The molecular weight excluding hydrogens is 334 g/mol. The highest BCUT2D eigenvalue weighted by atomic mass is 35.5. The van der Waals surface area contributed by atoms with Gasteiger partial charge in [0.25, 0.3) is 5.91 Å². The number of rotatable bonds is 2. The molecule has 0 radical (unpaired) electrons. The fourth-order valence-corrected chi connectivity index (χ4v) is 3.91. The number of likely N-dealkylation sites (tertiary alicyclic amines) is 1. The van der Waals surface area contributed by atoms with Gasteiger partial charge in [-0.2, -0.15) is 0 Å². The number of carbonyl (C=O) groups excluding carboxylic acids is 2. The maximum Gasteiger partial charge on any atom is 0.254 e. The highest BCUT2D eigenvalue weighted by Crippen LogP contribution is 2.33. The first-order valence-electron chi connectivity index (χ1n) is 7.66. The van der Waals surface area contributed by atoms with Gasteiger partial charge in [0.2, 0.25) is 5.91 Å². The van der Waals surface area contributed by atoms with Crippen LogP contribution in [0.1, 0.15) is 30.1 Å². The van der Waals surface area contributed by atoms with Gasteiger partial charge in [0.1, 0.15) is 0 Å². The number of halogens is 1. The first-order chi connectivity index (χ1) is 10.6. The molecule has 1 saturated heterocycles. The van der Waals surface area contributed by atoms with Crippen molar-refractivity contribution in [3.8, 4) is 0 Å². The third-order valence-electron chi connectivity index (χ3n) is 4.37. The molecule has 23 heavy (non-hydrogen) atoms. The zero-order valence-corrected chi connectivity index (χ0v) is 14.7. The Morgan fingerprint density at radius 3 is 3.00 bits per heavy atom. The average molecular weight is 356 g/mol. The molecule has 3 rings (SSSR count). The van der Waals surface area contributed by atoms with Crippen LogP contribution in [-0.2, 0) is 4.79 Å². The second-order valence-corrected chi connectivity index (χ2v) is 7.08. The average Bonchev–Trinajstić information content (AvgIpc) is 2.53. The standard InChI is InChI=1S/C16H21N3O2S.ClH/c1-10-4-5-19(12(6-10)8-17)16(21)11-2-3-14-13(7-11)18-15(20)9-22-14;/h2-3,7,10,12H,4-6,8-9,17H2,1H3,(H,18,20);1H. The van der Waals surface area contributed by atoms with Gasteiger partial charge in [-0.1, -0.05) is 6.92 Å². The van der Waals surface area contributed by atoms with Crippen molar-refractivity contribution in [3.63, 3.8) is 0 Å². The lowest BCUT2D eigenvalue weighted by Crippen LogP contribution is -2.49. The first-order valence-corrected chi connectivity index (χ1v) is 8.64. The second-order valence-electron chi connectivity index (χ2n) is 6.07. The summed E-state index contributed by atoms with van der Waals surface area (Å²) in [7, 11) is 0. The zero-order chi connectivity index (χ0) is 15.7. The molecule has 1 aromatic carbocycles. The maximum atomic E-state index is 12.8. The predicted molar refractivity (Wildman–Crippen MR) is 95.3 cm³/mol. The summed E-state index contributed by atoms with van der Waals surface area (Å²) in [5.74, 6) is 1.03. The van der Waals surface area contributed by atoms with Crippen molar-refractivity contribution in [2.24, 2.45) is 11.7 Å². The smallest absolute Gasteiger partial charge is 0.254 e. The van der Waals surface area contributed by atoms with E-state index in [0.717, 1.165) is 30.0 Å². The van der Waals surface area contributed by atoms with Crippen LogP contribution in [0.2, 0.25) is 0 Å². The van der Waals surface area contributed by atoms with Crippen molar-refractivity contribution < 1.29 is 9.59 Å². The molecule has 0 aliphatic carbocycles. The van der Waals surface area contributed by atoms with E-state index in [4.69, 9.17) is 5.73 Å². The van der Waals surface area contributed by atoms with Gasteiger partial charge < -0.3 is 16.0 Å². The lowest BCUT2D eigenvalue weighted by atomic mass is 9.92. The lowest BCUT2D eigenvalue weighted by Gasteiger charge is -2.38. The summed E-state index contributed by atoms with van der Waals surface area (Å²) in [5.41, 5.74) is 7.20. The van der Waals surface area contributed by atoms with E-state index in [1.165, 1.54) is 11.8 Å². The van der Waals surface area contributed by atoms with Crippen molar-refractivity contribution in [3.05, 3.63) is 23.8 Å². The van der Waals surface area contributed by atoms with E-state index in [1.807, 2.05) is 17.0 Å². The number of nitrogens with zero attached hydrogens (tertiary/aromatic N) is 1. The van der Waals surface area contributed by atoms with E-state index in [9.17, 15) is 9.59 Å². The van der Waals surface area contributed by atoms with E-state index in [0.29, 0.717) is 23.8 Å². The molecule has 2 aliphatic heterocycles. The summed E-state index contributed by atoms with van der Waals surface area (Å²) in [6.45, 7) is 3.45. The summed E-state index contributed by atoms with van der Waals surface area (Å²) in [4.78, 5) is 27.2. The number of hydrogen-bond acceptors (Lipinski definition) is 4. The Kier molecular flexibility index (Phi) is 5.95. The summed E-state index contributed by atoms with van der Waals surface area (Å²) >= 11 is 1.50. The zero-order valence-electron chi connectivity index (χ0n) is 13.1. The Hall–Kier alpha value is -1.24. The van der Waals surface area contributed by atoms with E-state index >= 15 is 0 Å². The molecule has 2 unspecified atom stereocenters. The minimum atomic E-state index is -0.0197. The number of benzene rings is 1. The minimum absolute atomic E-state index is 0. The van der Waals surface area contributed by atoms with E-state index in [1.54, 1.807) is 6.07 Å². The Morgan fingerprint density at radius 1 is 1.48 bits per heavy atom. The van der Waals surface area contributed by atoms with E-state index < -0.39 is 0 Å². The summed E-state index contributed by atoms with van der Waals surface area (Å²) in [5, 5.41) is 2.84. The fourth-order valence-electron chi connectivity index (χ4n) is 3.12. The largest absolute Gasteiger partial charge is 0.334 e. The molecule has 3 N–H and O–H groups in total. The number of anilines is 1. The van der Waals surface area contributed by atoms with Crippen LogP contribution in [0.5, 0.6) is 0 Å². The van der Waals surface area contributed by atoms with Gasteiger partial charge in [-0.15, -0.1) is 24.2 Å². The Morgan fingerprint density at radius 2 is 2.26 bits per heavy atom. The van der Waals surface area contributed by atoms with Crippen molar-refractivity contribution in [1.29, 1.82) is 0 Å². The molecule has 0 saturated carbocycles. The van der Waals surface area contributed by atoms with E-state index in [2.05, 4.69) is 12.2 Å². The number of hydrogen-bond donors (Lipinski definition) is 2. The van der Waals surface area contributed by atoms with Gasteiger partial charge in [0.15, 0.2) is 0 Å². The number of nitrogens with one attached hydrogen (secondary N) is 1. The Bertz CT molecular complexity index is 611. The van der Waals surface area contributed by atoms with Crippen LogP contribution >= 0.6 is 24.2 Å². The number of piperidine rings is 1. The second kappa shape index (κ2) is 7.55. The van der Waals surface area contributed by atoms with Gasteiger partial charge >= 0.3 is 0 Å². The molecule has 7 heteroatoms. The SMILES string of the molecule is CC1CCN(C(=O)c2ccc3c(c2)NC(=O)CS3)C(CN)C1.Cl. The quantitative estimate of drug-likeness (QED) is 0.853. The van der Waals surface area contributed by atoms with Gasteiger partial charge in [0.05, 0.1) is 11.4 Å². The van der Waals surface area contributed by atoms with Crippen LogP contribution in [0.25, 0.3) is 0 Å². The highest BCUT2D eigenvalue weighted by molar-refractivity contribution is 8.00. The number of thioether (sulfide) groups is 1. The lowest BCUT2D eigenvalue weighted by molar-refractivity contribution is -0.113. The Balaban J connectivity index is 0.00000192. The maximum absolute atomic E-state index is 12.8. The molecule has 126 valence electrons. The van der Waals surface area contributed by atoms with Crippen molar-refractivity contribution in [1.82, 2.24) is 4.90 Å². The number of carbonyl (C=O) groups is 2. The molecule has 2 heterocycles. The molecule has 5 nitrogen and oxygen atoms in total. The topological polar surface area (TPSA) is 75.4 Å². The molecule has 2 amide bonds. The van der Waals surface area contributed by atoms with Crippen LogP contribution in [-0.4, -0.2) is 41.6 Å². The third kappa shape index (κ3) is 3.82. The van der Waals surface area contributed by atoms with Gasteiger partial charge in [0, 0.05) is 29.6 Å². The van der Waals surface area contributed by atoms with E-state index in [-0.39, 0.29) is 30.3 Å². The van der Waals surface area contributed by atoms with Crippen LogP contribution in [0.4, 0.5) is 5.69 Å². The van der Waals surface area contributed by atoms with Gasteiger partial charge in [-0.3, -0.25) is 9.59 Å². The normalized spacial score (nSPS) is 23.6. The fraction of sp³-hybridized carbons (Fsp3) is 0.500. The van der Waals surface area contributed by atoms with Crippen molar-refractivity contribution in [2.45, 2.75) is 30.7 Å². The Labute approximate surface area is 146 Å². The van der Waals surface area contributed by atoms with Crippen LogP contribution < -0.4 is 11.1 Å². The first kappa shape index (κ1) is 18.1. The molecule has 2 atom stereocenters. The van der Waals surface area contributed by atoms with Gasteiger partial charge in [-0.05, 0) is 37.0 Å². The molecule has 2 aliphatic rings. The third-order valence-corrected chi connectivity index (χ3v) is 5.44. The van der Waals surface area contributed by atoms with Gasteiger partial charge in [-0.25, -0.2) is 0 Å². The summed E-state index contributed by atoms with van der Waals surface area (Å²) in [6, 6.07) is 5.65. The molecule has 0 bridgehead atoms. The summed E-state index contributed by atoms with van der Waals surface area (Å²) in [6.07, 6.45) is 1.97. The molecule has 0 spiro atoms. The highest BCUT2D eigenvalue weighted by Gasteiger charge is 2.30. The van der Waals surface area contributed by atoms with Crippen LogP contribution in [0.3, 0.4) is 0 Å². The number of amides is 2.